The third-order valence-electron chi connectivity index (χ3n) is 3.79. The predicted octanol–water partition coefficient (Wildman–Crippen LogP) is 3.04. The Morgan fingerprint density at radius 3 is 2.83 bits per heavy atom. The van der Waals surface area contributed by atoms with E-state index in [0.29, 0.717) is 31.0 Å². The van der Waals surface area contributed by atoms with E-state index in [0.717, 1.165) is 5.56 Å². The Morgan fingerprint density at radius 2 is 2.12 bits per heavy atom. The van der Waals surface area contributed by atoms with Gasteiger partial charge in [-0.05, 0) is 17.7 Å². The first kappa shape index (κ1) is 15.8. The van der Waals surface area contributed by atoms with Crippen LogP contribution in [0, 0.1) is 11.3 Å². The molecule has 1 aromatic heterocycles. The number of nitriles is 1. The van der Waals surface area contributed by atoms with Crippen molar-refractivity contribution in [3.05, 3.63) is 60.1 Å². The second-order valence-corrected chi connectivity index (χ2v) is 5.46. The van der Waals surface area contributed by atoms with Gasteiger partial charge in [-0.15, -0.1) is 0 Å². The van der Waals surface area contributed by atoms with E-state index < -0.39 is 0 Å². The lowest BCUT2D eigenvalue weighted by Crippen LogP contribution is -2.36. The minimum Gasteiger partial charge on any atom is -0.467 e. The highest BCUT2D eigenvalue weighted by molar-refractivity contribution is 6.39. The van der Waals surface area contributed by atoms with E-state index in [-0.39, 0.29) is 18.4 Å². The van der Waals surface area contributed by atoms with Gasteiger partial charge in [0.15, 0.2) is 6.10 Å². The fourth-order valence-corrected chi connectivity index (χ4v) is 2.56. The van der Waals surface area contributed by atoms with E-state index in [1.165, 1.54) is 0 Å². The molecule has 0 saturated carbocycles. The molecule has 6 nitrogen and oxygen atoms in total. The van der Waals surface area contributed by atoms with Gasteiger partial charge in [0, 0.05) is 13.0 Å². The molecule has 1 aliphatic heterocycles. The Kier molecular flexibility index (Phi) is 4.92. The molecule has 122 valence electrons. The zero-order valence-corrected chi connectivity index (χ0v) is 13.1. The second kappa shape index (κ2) is 7.47. The van der Waals surface area contributed by atoms with E-state index in [9.17, 15) is 4.79 Å². The van der Waals surface area contributed by atoms with Gasteiger partial charge in [0.1, 0.15) is 11.5 Å². The highest BCUT2D eigenvalue weighted by Crippen LogP contribution is 2.27. The maximum Gasteiger partial charge on any atom is 0.272 e. The molecule has 0 spiro atoms. The van der Waals surface area contributed by atoms with Crippen LogP contribution in [0.4, 0.5) is 0 Å². The molecule has 1 atom stereocenters. The van der Waals surface area contributed by atoms with E-state index >= 15 is 0 Å². The smallest absolute Gasteiger partial charge is 0.272 e. The van der Waals surface area contributed by atoms with E-state index in [1.807, 2.05) is 30.3 Å². The quantitative estimate of drug-likeness (QED) is 0.818. The van der Waals surface area contributed by atoms with Crippen LogP contribution in [0.5, 0.6) is 0 Å². The molecule has 0 aliphatic carbocycles. The van der Waals surface area contributed by atoms with Crippen molar-refractivity contribution in [2.24, 2.45) is 5.16 Å². The molecule has 2 aromatic rings. The van der Waals surface area contributed by atoms with Crippen LogP contribution in [0.2, 0.25) is 0 Å². The van der Waals surface area contributed by atoms with Gasteiger partial charge in [-0.3, -0.25) is 4.79 Å². The molecule has 1 aliphatic rings. The molecule has 3 rings (SSSR count). The molecule has 0 unspecified atom stereocenters. The van der Waals surface area contributed by atoms with Gasteiger partial charge >= 0.3 is 0 Å². The van der Waals surface area contributed by atoms with Crippen molar-refractivity contribution >= 4 is 11.6 Å². The Bertz CT molecular complexity index is 748. The summed E-state index contributed by atoms with van der Waals surface area (Å²) in [5.74, 6) is 0.445. The number of amides is 1. The highest BCUT2D eigenvalue weighted by atomic mass is 16.6. The number of rotatable bonds is 6. The first-order chi connectivity index (χ1) is 11.8. The lowest BCUT2D eigenvalue weighted by molar-refractivity contribution is -0.125. The summed E-state index contributed by atoms with van der Waals surface area (Å²) >= 11 is 0. The highest BCUT2D eigenvalue weighted by Gasteiger charge is 2.30. The standard InChI is InChI=1S/C18H17N3O3/c19-9-5-10-21(13-15-8-4-11-23-15)18(22)16-12-17(24-20-16)14-6-2-1-3-7-14/h1-4,6-8,11,17H,5,10,12-13H2/t17-/m0/s1. The number of carbonyl (C=O) groups excluding carboxylic acids is 1. The number of carbonyl (C=O) groups is 1. The Labute approximate surface area is 139 Å². The Hall–Kier alpha value is -3.07. The largest absolute Gasteiger partial charge is 0.467 e. The third kappa shape index (κ3) is 3.63. The van der Waals surface area contributed by atoms with Crippen LogP contribution in [0.15, 0.2) is 58.3 Å². The molecule has 0 saturated heterocycles. The SMILES string of the molecule is N#CCCN(Cc1ccco1)C(=O)C1=NO[C@H](c2ccccc2)C1. The summed E-state index contributed by atoms with van der Waals surface area (Å²) in [6.07, 6.45) is 1.99. The van der Waals surface area contributed by atoms with Crippen molar-refractivity contribution < 1.29 is 14.0 Å². The van der Waals surface area contributed by atoms with Crippen LogP contribution in [0.3, 0.4) is 0 Å². The molecule has 0 fully saturated rings. The predicted molar refractivity (Wildman–Crippen MR) is 86.7 cm³/mol. The number of benzene rings is 1. The zero-order chi connectivity index (χ0) is 16.8. The van der Waals surface area contributed by atoms with Crippen molar-refractivity contribution in [1.82, 2.24) is 4.90 Å². The van der Waals surface area contributed by atoms with Gasteiger partial charge in [0.2, 0.25) is 0 Å². The number of nitrogens with zero attached hydrogens (tertiary/aromatic N) is 3. The number of oxime groups is 1. The van der Waals surface area contributed by atoms with Crippen molar-refractivity contribution in [1.29, 1.82) is 5.26 Å². The average Bonchev–Trinajstić information content (AvgIpc) is 3.30. The van der Waals surface area contributed by atoms with Crippen LogP contribution in [0.1, 0.15) is 30.3 Å². The van der Waals surface area contributed by atoms with Gasteiger partial charge in [-0.25, -0.2) is 0 Å². The molecule has 1 amide bonds. The molecule has 6 heteroatoms. The van der Waals surface area contributed by atoms with Crippen molar-refractivity contribution in [3.63, 3.8) is 0 Å². The number of furan rings is 1. The van der Waals surface area contributed by atoms with Gasteiger partial charge in [-0.2, -0.15) is 5.26 Å². The normalized spacial score (nSPS) is 16.1. The van der Waals surface area contributed by atoms with Crippen LogP contribution in [-0.4, -0.2) is 23.1 Å². The van der Waals surface area contributed by atoms with Gasteiger partial charge in [0.05, 0.1) is 25.3 Å². The van der Waals surface area contributed by atoms with E-state index in [1.54, 1.807) is 23.3 Å². The zero-order valence-electron chi connectivity index (χ0n) is 13.1. The monoisotopic (exact) mass is 323 g/mol. The first-order valence-corrected chi connectivity index (χ1v) is 7.74. The second-order valence-electron chi connectivity index (χ2n) is 5.46. The molecule has 0 radical (unpaired) electrons. The summed E-state index contributed by atoms with van der Waals surface area (Å²) in [6, 6.07) is 15.3. The fourth-order valence-electron chi connectivity index (χ4n) is 2.56. The first-order valence-electron chi connectivity index (χ1n) is 7.74. The van der Waals surface area contributed by atoms with E-state index in [2.05, 4.69) is 11.2 Å². The lowest BCUT2D eigenvalue weighted by Gasteiger charge is -2.19. The summed E-state index contributed by atoms with van der Waals surface area (Å²) < 4.78 is 5.30. The summed E-state index contributed by atoms with van der Waals surface area (Å²) in [5, 5.41) is 12.8. The van der Waals surface area contributed by atoms with Crippen LogP contribution in [-0.2, 0) is 16.2 Å². The summed E-state index contributed by atoms with van der Waals surface area (Å²) in [6.45, 7) is 0.633. The molecule has 0 bridgehead atoms. The van der Waals surface area contributed by atoms with Gasteiger partial charge in [0.25, 0.3) is 5.91 Å². The Balaban J connectivity index is 1.67. The minimum absolute atomic E-state index is 0.222. The fraction of sp³-hybridized carbons (Fsp3) is 0.278. The maximum absolute atomic E-state index is 12.7. The van der Waals surface area contributed by atoms with Crippen molar-refractivity contribution in [2.45, 2.75) is 25.5 Å². The molecule has 1 aromatic carbocycles. The lowest BCUT2D eigenvalue weighted by atomic mass is 10.0. The Morgan fingerprint density at radius 1 is 1.29 bits per heavy atom. The van der Waals surface area contributed by atoms with Gasteiger partial charge in [-0.1, -0.05) is 35.5 Å². The minimum atomic E-state index is -0.244. The van der Waals surface area contributed by atoms with Crippen molar-refractivity contribution in [3.8, 4) is 6.07 Å². The average molecular weight is 323 g/mol. The molecular weight excluding hydrogens is 306 g/mol. The molecular formula is C18H17N3O3. The third-order valence-corrected chi connectivity index (χ3v) is 3.79. The summed E-state index contributed by atoms with van der Waals surface area (Å²) in [4.78, 5) is 19.7. The number of hydrogen-bond donors (Lipinski definition) is 0. The topological polar surface area (TPSA) is 78.8 Å². The van der Waals surface area contributed by atoms with Crippen LogP contribution >= 0.6 is 0 Å². The van der Waals surface area contributed by atoms with E-state index in [4.69, 9.17) is 14.5 Å². The molecule has 2 heterocycles. The van der Waals surface area contributed by atoms with Gasteiger partial charge < -0.3 is 14.2 Å². The van der Waals surface area contributed by atoms with Crippen LogP contribution < -0.4 is 0 Å². The summed E-state index contributed by atoms with van der Waals surface area (Å²) in [5.41, 5.74) is 1.35. The summed E-state index contributed by atoms with van der Waals surface area (Å²) in [7, 11) is 0. The maximum atomic E-state index is 12.7. The van der Waals surface area contributed by atoms with Crippen molar-refractivity contribution in [2.75, 3.05) is 6.54 Å². The molecule has 0 N–H and O–H groups in total. The number of hydrogen-bond acceptors (Lipinski definition) is 5. The molecule has 24 heavy (non-hydrogen) atoms. The van der Waals surface area contributed by atoms with Crippen LogP contribution in [0.25, 0.3) is 0 Å².